The summed E-state index contributed by atoms with van der Waals surface area (Å²) in [6.07, 6.45) is 1.92. The Labute approximate surface area is 135 Å². The van der Waals surface area contributed by atoms with Crippen LogP contribution in [0.5, 0.6) is 5.75 Å². The van der Waals surface area contributed by atoms with E-state index in [9.17, 15) is 0 Å². The number of ether oxygens (including phenoxy) is 1. The summed E-state index contributed by atoms with van der Waals surface area (Å²) in [7, 11) is 0. The van der Waals surface area contributed by atoms with E-state index >= 15 is 0 Å². The predicted molar refractivity (Wildman–Crippen MR) is 92.7 cm³/mol. The van der Waals surface area contributed by atoms with Crippen LogP contribution < -0.4 is 15.8 Å². The van der Waals surface area contributed by atoms with Crippen LogP contribution in [0.4, 0.5) is 11.6 Å². The predicted octanol–water partition coefficient (Wildman–Crippen LogP) is 3.40. The lowest BCUT2D eigenvalue weighted by atomic mass is 10.0. The van der Waals surface area contributed by atoms with Crippen LogP contribution in [0.25, 0.3) is 0 Å². The number of benzene rings is 1. The summed E-state index contributed by atoms with van der Waals surface area (Å²) in [5.74, 6) is 2.59. The summed E-state index contributed by atoms with van der Waals surface area (Å²) >= 11 is 1.46. The van der Waals surface area contributed by atoms with E-state index in [2.05, 4.69) is 41.3 Å². The van der Waals surface area contributed by atoms with E-state index in [0.29, 0.717) is 30.0 Å². The number of aromatic nitrogens is 2. The largest absolute Gasteiger partial charge is 0.492 e. The Morgan fingerprint density at radius 2 is 1.95 bits per heavy atom. The third-order valence-corrected chi connectivity index (χ3v) is 3.68. The molecule has 0 fully saturated rings. The number of nitrogens with one attached hydrogen (secondary N) is 1. The SMILES string of the molecule is CSc1nc(N)cc(NCCOc2ccc(C(C)C)cc2)n1. The summed E-state index contributed by atoms with van der Waals surface area (Å²) in [6, 6.07) is 9.93. The number of nitrogens with two attached hydrogens (primary N) is 1. The van der Waals surface area contributed by atoms with E-state index in [4.69, 9.17) is 10.5 Å². The molecule has 0 bridgehead atoms. The van der Waals surface area contributed by atoms with Crippen molar-refractivity contribution >= 4 is 23.4 Å². The molecule has 1 heterocycles. The molecule has 2 rings (SSSR count). The van der Waals surface area contributed by atoms with Gasteiger partial charge in [-0.1, -0.05) is 37.7 Å². The number of thioether (sulfide) groups is 1. The fourth-order valence-electron chi connectivity index (χ4n) is 1.92. The van der Waals surface area contributed by atoms with Gasteiger partial charge in [0.15, 0.2) is 5.16 Å². The summed E-state index contributed by atoms with van der Waals surface area (Å²) in [5, 5.41) is 3.85. The van der Waals surface area contributed by atoms with E-state index in [-0.39, 0.29) is 0 Å². The first-order chi connectivity index (χ1) is 10.6. The molecule has 0 aliphatic carbocycles. The van der Waals surface area contributed by atoms with Gasteiger partial charge in [-0.25, -0.2) is 9.97 Å². The Bertz CT molecular complexity index is 602. The Hall–Kier alpha value is -1.95. The van der Waals surface area contributed by atoms with Crippen LogP contribution in [0.15, 0.2) is 35.5 Å². The summed E-state index contributed by atoms with van der Waals surface area (Å²) in [5.41, 5.74) is 7.04. The molecule has 6 heteroatoms. The Kier molecular flexibility index (Phi) is 5.89. The van der Waals surface area contributed by atoms with Gasteiger partial charge in [0.2, 0.25) is 0 Å². The molecular weight excluding hydrogens is 296 g/mol. The molecule has 0 saturated carbocycles. The lowest BCUT2D eigenvalue weighted by Crippen LogP contribution is -2.13. The zero-order chi connectivity index (χ0) is 15.9. The monoisotopic (exact) mass is 318 g/mol. The Morgan fingerprint density at radius 1 is 1.23 bits per heavy atom. The lowest BCUT2D eigenvalue weighted by molar-refractivity contribution is 0.332. The van der Waals surface area contributed by atoms with Crippen LogP contribution in [0.2, 0.25) is 0 Å². The average molecular weight is 318 g/mol. The number of anilines is 2. The molecule has 118 valence electrons. The van der Waals surface area contributed by atoms with E-state index in [0.717, 1.165) is 11.6 Å². The van der Waals surface area contributed by atoms with Crippen LogP contribution in [-0.2, 0) is 0 Å². The minimum atomic E-state index is 0.465. The number of rotatable bonds is 7. The molecular formula is C16H22N4OS. The van der Waals surface area contributed by atoms with Crippen molar-refractivity contribution in [1.29, 1.82) is 0 Å². The molecule has 0 radical (unpaired) electrons. The molecule has 0 atom stereocenters. The third kappa shape index (κ3) is 4.80. The van der Waals surface area contributed by atoms with Crippen molar-refractivity contribution in [2.24, 2.45) is 0 Å². The van der Waals surface area contributed by atoms with E-state index in [1.165, 1.54) is 17.3 Å². The second-order valence-electron chi connectivity index (χ2n) is 5.16. The fraction of sp³-hybridized carbons (Fsp3) is 0.375. The minimum absolute atomic E-state index is 0.465. The maximum absolute atomic E-state index is 5.73. The standard InChI is InChI=1S/C16H22N4OS/c1-11(2)12-4-6-13(7-5-12)21-9-8-18-15-10-14(17)19-16(20-15)22-3/h4-7,10-11H,8-9H2,1-3H3,(H3,17,18,19,20). The lowest BCUT2D eigenvalue weighted by Gasteiger charge is -2.10. The first kappa shape index (κ1) is 16.4. The molecule has 22 heavy (non-hydrogen) atoms. The quantitative estimate of drug-likeness (QED) is 0.463. The maximum atomic E-state index is 5.73. The number of nitrogens with zero attached hydrogens (tertiary/aromatic N) is 2. The second kappa shape index (κ2) is 7.89. The number of hydrogen-bond acceptors (Lipinski definition) is 6. The van der Waals surface area contributed by atoms with Gasteiger partial charge in [0.1, 0.15) is 24.0 Å². The molecule has 0 unspecified atom stereocenters. The first-order valence-corrected chi connectivity index (χ1v) is 8.46. The molecule has 1 aromatic carbocycles. The molecule has 3 N–H and O–H groups in total. The highest BCUT2D eigenvalue weighted by molar-refractivity contribution is 7.98. The van der Waals surface area contributed by atoms with Gasteiger partial charge in [0.05, 0.1) is 6.54 Å². The molecule has 5 nitrogen and oxygen atoms in total. The van der Waals surface area contributed by atoms with Crippen molar-refractivity contribution in [3.63, 3.8) is 0 Å². The second-order valence-corrected chi connectivity index (χ2v) is 5.94. The van der Waals surface area contributed by atoms with Crippen molar-refractivity contribution < 1.29 is 4.74 Å². The zero-order valence-corrected chi connectivity index (χ0v) is 14.0. The highest BCUT2D eigenvalue weighted by atomic mass is 32.2. The Balaban J connectivity index is 1.80. The third-order valence-electron chi connectivity index (χ3n) is 3.13. The molecule has 0 amide bonds. The molecule has 2 aromatic rings. The maximum Gasteiger partial charge on any atom is 0.191 e. The van der Waals surface area contributed by atoms with Gasteiger partial charge in [-0.3, -0.25) is 0 Å². The molecule has 1 aromatic heterocycles. The normalized spacial score (nSPS) is 10.7. The smallest absolute Gasteiger partial charge is 0.191 e. The molecule has 0 spiro atoms. The Morgan fingerprint density at radius 3 is 2.59 bits per heavy atom. The summed E-state index contributed by atoms with van der Waals surface area (Å²) < 4.78 is 5.71. The summed E-state index contributed by atoms with van der Waals surface area (Å²) in [4.78, 5) is 8.44. The molecule has 0 aliphatic heterocycles. The van der Waals surface area contributed by atoms with Gasteiger partial charge in [-0.05, 0) is 29.9 Å². The van der Waals surface area contributed by atoms with Crippen molar-refractivity contribution in [1.82, 2.24) is 9.97 Å². The zero-order valence-electron chi connectivity index (χ0n) is 13.2. The van der Waals surface area contributed by atoms with Gasteiger partial charge in [-0.2, -0.15) is 0 Å². The molecule has 0 aliphatic rings. The van der Waals surface area contributed by atoms with Crippen molar-refractivity contribution in [2.45, 2.75) is 24.9 Å². The van der Waals surface area contributed by atoms with Gasteiger partial charge >= 0.3 is 0 Å². The van der Waals surface area contributed by atoms with E-state index in [1.807, 2.05) is 18.4 Å². The van der Waals surface area contributed by atoms with Gasteiger partial charge in [0, 0.05) is 6.07 Å². The van der Waals surface area contributed by atoms with Crippen molar-refractivity contribution in [3.8, 4) is 5.75 Å². The van der Waals surface area contributed by atoms with Gasteiger partial charge in [-0.15, -0.1) is 0 Å². The fourth-order valence-corrected chi connectivity index (χ4v) is 2.31. The number of nitrogen functional groups attached to an aromatic ring is 1. The van der Waals surface area contributed by atoms with Gasteiger partial charge in [0.25, 0.3) is 0 Å². The minimum Gasteiger partial charge on any atom is -0.492 e. The van der Waals surface area contributed by atoms with Crippen LogP contribution >= 0.6 is 11.8 Å². The van der Waals surface area contributed by atoms with Crippen LogP contribution in [0, 0.1) is 0 Å². The van der Waals surface area contributed by atoms with Crippen LogP contribution in [-0.4, -0.2) is 29.4 Å². The van der Waals surface area contributed by atoms with Crippen LogP contribution in [0.1, 0.15) is 25.3 Å². The van der Waals surface area contributed by atoms with E-state index < -0.39 is 0 Å². The van der Waals surface area contributed by atoms with Gasteiger partial charge < -0.3 is 15.8 Å². The highest BCUT2D eigenvalue weighted by Gasteiger charge is 2.02. The topological polar surface area (TPSA) is 73.1 Å². The summed E-state index contributed by atoms with van der Waals surface area (Å²) in [6.45, 7) is 5.56. The van der Waals surface area contributed by atoms with Crippen LogP contribution in [0.3, 0.4) is 0 Å². The van der Waals surface area contributed by atoms with E-state index in [1.54, 1.807) is 6.07 Å². The van der Waals surface area contributed by atoms with Crippen molar-refractivity contribution in [3.05, 3.63) is 35.9 Å². The number of hydrogen-bond donors (Lipinski definition) is 2. The van der Waals surface area contributed by atoms with Crippen molar-refractivity contribution in [2.75, 3.05) is 30.5 Å². The highest BCUT2D eigenvalue weighted by Crippen LogP contribution is 2.18. The molecule has 0 saturated heterocycles. The first-order valence-electron chi connectivity index (χ1n) is 7.23. The average Bonchev–Trinajstić information content (AvgIpc) is 2.51.